The van der Waals surface area contributed by atoms with Gasteiger partial charge in [0, 0.05) is 10.9 Å². The standard InChI is InChI=1S/C19H19BrO4/c1-23-18(21)9-5-8-17(14-6-3-2-4-7-14)24-19(22)15-10-12-16(20)13-11-15/h2-4,6-7,10-13,17H,5,8-9H2,1H3. The summed E-state index contributed by atoms with van der Waals surface area (Å²) in [6.07, 6.45) is 1.05. The number of methoxy groups -OCH3 is 1. The van der Waals surface area contributed by atoms with E-state index in [1.165, 1.54) is 7.11 Å². The van der Waals surface area contributed by atoms with Crippen molar-refractivity contribution in [3.05, 3.63) is 70.2 Å². The van der Waals surface area contributed by atoms with Crippen molar-refractivity contribution in [1.29, 1.82) is 0 Å². The van der Waals surface area contributed by atoms with Crippen molar-refractivity contribution < 1.29 is 19.1 Å². The second kappa shape index (κ2) is 9.23. The number of hydrogen-bond donors (Lipinski definition) is 0. The molecule has 0 saturated carbocycles. The third-order valence-electron chi connectivity index (χ3n) is 3.58. The van der Waals surface area contributed by atoms with Crippen LogP contribution in [0.15, 0.2) is 59.1 Å². The van der Waals surface area contributed by atoms with Gasteiger partial charge in [-0.25, -0.2) is 4.79 Å². The van der Waals surface area contributed by atoms with Crippen LogP contribution < -0.4 is 0 Å². The molecule has 1 atom stereocenters. The second-order valence-corrected chi connectivity index (χ2v) is 6.20. The average molecular weight is 391 g/mol. The number of rotatable bonds is 7. The summed E-state index contributed by atoms with van der Waals surface area (Å²) in [5, 5.41) is 0. The molecule has 0 aliphatic heterocycles. The highest BCUT2D eigenvalue weighted by Gasteiger charge is 2.18. The van der Waals surface area contributed by atoms with Gasteiger partial charge in [-0.05, 0) is 42.7 Å². The maximum atomic E-state index is 12.4. The molecule has 0 bridgehead atoms. The van der Waals surface area contributed by atoms with E-state index >= 15 is 0 Å². The molecule has 1 unspecified atom stereocenters. The summed E-state index contributed by atoms with van der Waals surface area (Å²) in [4.78, 5) is 23.6. The Balaban J connectivity index is 2.06. The average Bonchev–Trinajstić information content (AvgIpc) is 2.61. The summed E-state index contributed by atoms with van der Waals surface area (Å²) >= 11 is 3.34. The third kappa shape index (κ3) is 5.49. The highest BCUT2D eigenvalue weighted by molar-refractivity contribution is 9.10. The predicted octanol–water partition coefficient (Wildman–Crippen LogP) is 4.69. The van der Waals surface area contributed by atoms with Gasteiger partial charge in [0.1, 0.15) is 6.10 Å². The second-order valence-electron chi connectivity index (χ2n) is 5.28. The fourth-order valence-electron chi connectivity index (χ4n) is 2.28. The van der Waals surface area contributed by atoms with Crippen molar-refractivity contribution in [3.8, 4) is 0 Å². The minimum atomic E-state index is -0.396. The Hall–Kier alpha value is -2.14. The van der Waals surface area contributed by atoms with E-state index in [0.717, 1.165) is 10.0 Å². The molecule has 0 aliphatic carbocycles. The van der Waals surface area contributed by atoms with Gasteiger partial charge in [-0.3, -0.25) is 4.79 Å². The van der Waals surface area contributed by atoms with Crippen LogP contribution in [-0.2, 0) is 14.3 Å². The molecular weight excluding hydrogens is 372 g/mol. The van der Waals surface area contributed by atoms with E-state index in [2.05, 4.69) is 20.7 Å². The number of carbonyl (C=O) groups is 2. The van der Waals surface area contributed by atoms with Crippen LogP contribution in [0.3, 0.4) is 0 Å². The molecule has 0 N–H and O–H groups in total. The van der Waals surface area contributed by atoms with Gasteiger partial charge in [0.15, 0.2) is 0 Å². The number of carbonyl (C=O) groups excluding carboxylic acids is 2. The molecule has 2 aromatic rings. The maximum absolute atomic E-state index is 12.4. The molecule has 2 rings (SSSR count). The zero-order chi connectivity index (χ0) is 17.4. The molecule has 0 fully saturated rings. The SMILES string of the molecule is COC(=O)CCCC(OC(=O)c1ccc(Br)cc1)c1ccccc1. The van der Waals surface area contributed by atoms with E-state index in [1.54, 1.807) is 24.3 Å². The van der Waals surface area contributed by atoms with Crippen LogP contribution in [-0.4, -0.2) is 19.0 Å². The van der Waals surface area contributed by atoms with Crippen LogP contribution in [0.25, 0.3) is 0 Å². The molecule has 0 aromatic heterocycles. The van der Waals surface area contributed by atoms with Gasteiger partial charge in [-0.1, -0.05) is 46.3 Å². The van der Waals surface area contributed by atoms with Crippen LogP contribution in [0.4, 0.5) is 0 Å². The fourth-order valence-corrected chi connectivity index (χ4v) is 2.54. The fraction of sp³-hybridized carbons (Fsp3) is 0.263. The van der Waals surface area contributed by atoms with Gasteiger partial charge in [0.25, 0.3) is 0 Å². The van der Waals surface area contributed by atoms with E-state index in [1.807, 2.05) is 30.3 Å². The number of esters is 2. The monoisotopic (exact) mass is 390 g/mol. The summed E-state index contributed by atoms with van der Waals surface area (Å²) in [6, 6.07) is 16.6. The van der Waals surface area contributed by atoms with E-state index in [9.17, 15) is 9.59 Å². The smallest absolute Gasteiger partial charge is 0.338 e. The minimum Gasteiger partial charge on any atom is -0.469 e. The largest absolute Gasteiger partial charge is 0.469 e. The summed E-state index contributed by atoms with van der Waals surface area (Å²) in [7, 11) is 1.37. The highest BCUT2D eigenvalue weighted by atomic mass is 79.9. The minimum absolute atomic E-state index is 0.263. The predicted molar refractivity (Wildman–Crippen MR) is 94.6 cm³/mol. The molecule has 0 heterocycles. The van der Waals surface area contributed by atoms with Gasteiger partial charge >= 0.3 is 11.9 Å². The van der Waals surface area contributed by atoms with Crippen LogP contribution >= 0.6 is 15.9 Å². The Kier molecular flexibility index (Phi) is 7.00. The van der Waals surface area contributed by atoms with Gasteiger partial charge in [-0.15, -0.1) is 0 Å². The molecule has 0 aliphatic rings. The maximum Gasteiger partial charge on any atom is 0.338 e. The number of ether oxygens (including phenoxy) is 2. The Morgan fingerprint density at radius 2 is 1.71 bits per heavy atom. The Morgan fingerprint density at radius 3 is 2.33 bits per heavy atom. The molecule has 5 heteroatoms. The molecule has 2 aromatic carbocycles. The van der Waals surface area contributed by atoms with Crippen molar-refractivity contribution in [2.75, 3.05) is 7.11 Å². The van der Waals surface area contributed by atoms with E-state index < -0.39 is 6.10 Å². The first-order valence-electron chi connectivity index (χ1n) is 7.68. The van der Waals surface area contributed by atoms with Crippen molar-refractivity contribution >= 4 is 27.9 Å². The number of benzene rings is 2. The van der Waals surface area contributed by atoms with Crippen LogP contribution in [0.1, 0.15) is 41.3 Å². The number of hydrogen-bond acceptors (Lipinski definition) is 4. The van der Waals surface area contributed by atoms with Crippen LogP contribution in [0, 0.1) is 0 Å². The summed E-state index contributed by atoms with van der Waals surface area (Å²) in [6.45, 7) is 0. The normalized spacial score (nSPS) is 11.6. The van der Waals surface area contributed by atoms with E-state index in [4.69, 9.17) is 4.74 Å². The lowest BCUT2D eigenvalue weighted by Crippen LogP contribution is -2.12. The lowest BCUT2D eigenvalue weighted by Gasteiger charge is -2.18. The van der Waals surface area contributed by atoms with Crippen LogP contribution in [0.5, 0.6) is 0 Å². The molecule has 0 saturated heterocycles. The van der Waals surface area contributed by atoms with Crippen LogP contribution in [0.2, 0.25) is 0 Å². The first-order chi connectivity index (χ1) is 11.6. The summed E-state index contributed by atoms with van der Waals surface area (Å²) in [5.41, 5.74) is 1.40. The highest BCUT2D eigenvalue weighted by Crippen LogP contribution is 2.25. The topological polar surface area (TPSA) is 52.6 Å². The Bertz CT molecular complexity index is 668. The van der Waals surface area contributed by atoms with Gasteiger partial charge in [0.05, 0.1) is 12.7 Å². The van der Waals surface area contributed by atoms with Crippen molar-refractivity contribution in [2.24, 2.45) is 0 Å². The zero-order valence-corrected chi connectivity index (χ0v) is 15.0. The molecule has 24 heavy (non-hydrogen) atoms. The molecular formula is C19H19BrO4. The van der Waals surface area contributed by atoms with Crippen molar-refractivity contribution in [3.63, 3.8) is 0 Å². The van der Waals surface area contributed by atoms with Crippen molar-refractivity contribution in [2.45, 2.75) is 25.4 Å². The molecule has 0 amide bonds. The Labute approximate surface area is 149 Å². The lowest BCUT2D eigenvalue weighted by molar-refractivity contribution is -0.140. The molecule has 4 nitrogen and oxygen atoms in total. The van der Waals surface area contributed by atoms with E-state index in [0.29, 0.717) is 24.8 Å². The number of halogens is 1. The molecule has 126 valence electrons. The van der Waals surface area contributed by atoms with Crippen molar-refractivity contribution in [1.82, 2.24) is 0 Å². The van der Waals surface area contributed by atoms with Gasteiger partial charge < -0.3 is 9.47 Å². The molecule has 0 spiro atoms. The Morgan fingerprint density at radius 1 is 1.04 bits per heavy atom. The summed E-state index contributed by atoms with van der Waals surface area (Å²) in [5.74, 6) is -0.643. The first-order valence-corrected chi connectivity index (χ1v) is 8.47. The zero-order valence-electron chi connectivity index (χ0n) is 13.4. The molecule has 0 radical (unpaired) electrons. The third-order valence-corrected chi connectivity index (χ3v) is 4.10. The lowest BCUT2D eigenvalue weighted by atomic mass is 10.0. The quantitative estimate of drug-likeness (QED) is 0.643. The first kappa shape index (κ1) is 18.2. The van der Waals surface area contributed by atoms with Gasteiger partial charge in [-0.2, -0.15) is 0 Å². The summed E-state index contributed by atoms with van der Waals surface area (Å²) < 4.78 is 11.2. The van der Waals surface area contributed by atoms with Gasteiger partial charge in [0.2, 0.25) is 0 Å². The van der Waals surface area contributed by atoms with E-state index in [-0.39, 0.29) is 11.9 Å².